The van der Waals surface area contributed by atoms with E-state index < -0.39 is 6.61 Å². The van der Waals surface area contributed by atoms with Gasteiger partial charge in [0.25, 0.3) is 0 Å². The van der Waals surface area contributed by atoms with Crippen molar-refractivity contribution in [3.8, 4) is 5.75 Å². The second-order valence-corrected chi connectivity index (χ2v) is 2.00. The van der Waals surface area contributed by atoms with Gasteiger partial charge in [0.05, 0.1) is 0 Å². The minimum atomic E-state index is -2.84. The van der Waals surface area contributed by atoms with Crippen LogP contribution in [0.25, 0.3) is 0 Å². The summed E-state index contributed by atoms with van der Waals surface area (Å²) < 4.78 is 27.3. The van der Waals surface area contributed by atoms with Gasteiger partial charge in [-0.25, -0.2) is 0 Å². The second-order valence-electron chi connectivity index (χ2n) is 2.00. The fourth-order valence-corrected chi connectivity index (χ4v) is 0.704. The van der Waals surface area contributed by atoms with E-state index in [1.807, 2.05) is 0 Å². The third-order valence-electron chi connectivity index (χ3n) is 1.20. The smallest absolute Gasteiger partial charge is 0.387 e. The molecule has 1 aromatic carbocycles. The first-order valence-electron chi connectivity index (χ1n) is 3.15. The monoisotopic (exact) mass is 171 g/mol. The van der Waals surface area contributed by atoms with E-state index in [2.05, 4.69) is 4.74 Å². The van der Waals surface area contributed by atoms with Crippen LogP contribution in [0.5, 0.6) is 5.75 Å². The molecular formula is C8H5F2O2. The van der Waals surface area contributed by atoms with E-state index in [4.69, 9.17) is 0 Å². The van der Waals surface area contributed by atoms with Crippen LogP contribution in [-0.2, 0) is 4.79 Å². The van der Waals surface area contributed by atoms with Crippen molar-refractivity contribution < 1.29 is 18.3 Å². The number of alkyl halides is 2. The zero-order chi connectivity index (χ0) is 8.97. The number of rotatable bonds is 3. The Hall–Kier alpha value is -1.45. The molecule has 0 atom stereocenters. The predicted octanol–water partition coefficient (Wildman–Crippen LogP) is 1.75. The summed E-state index contributed by atoms with van der Waals surface area (Å²) in [5.41, 5.74) is 0.302. The molecule has 0 unspecified atom stereocenters. The average Bonchev–Trinajstić information content (AvgIpc) is 2.05. The SMILES string of the molecule is O=[C]c1ccc(OC(F)F)cc1. The summed E-state index contributed by atoms with van der Waals surface area (Å²) in [4.78, 5) is 10.0. The number of hydrogen-bond donors (Lipinski definition) is 0. The van der Waals surface area contributed by atoms with Gasteiger partial charge < -0.3 is 4.74 Å². The quantitative estimate of drug-likeness (QED) is 0.692. The summed E-state index contributed by atoms with van der Waals surface area (Å²) in [6, 6.07) is 5.27. The third kappa shape index (κ3) is 2.30. The molecule has 0 aliphatic heterocycles. The molecular weight excluding hydrogens is 166 g/mol. The van der Waals surface area contributed by atoms with Crippen LogP contribution in [0.1, 0.15) is 5.56 Å². The highest BCUT2D eigenvalue weighted by atomic mass is 19.3. The van der Waals surface area contributed by atoms with Crippen LogP contribution >= 0.6 is 0 Å². The minimum Gasteiger partial charge on any atom is -0.435 e. The number of hydrogen-bond acceptors (Lipinski definition) is 2. The molecule has 0 spiro atoms. The maximum absolute atomic E-state index is 11.6. The molecule has 0 bridgehead atoms. The molecule has 1 rings (SSSR count). The van der Waals surface area contributed by atoms with Crippen LogP contribution in [0, 0.1) is 0 Å². The van der Waals surface area contributed by atoms with Crippen molar-refractivity contribution in [3.63, 3.8) is 0 Å². The Labute approximate surface area is 67.8 Å². The average molecular weight is 171 g/mol. The topological polar surface area (TPSA) is 26.3 Å². The van der Waals surface area contributed by atoms with Gasteiger partial charge in [0.2, 0.25) is 6.29 Å². The molecule has 0 fully saturated rings. The first-order chi connectivity index (χ1) is 5.72. The van der Waals surface area contributed by atoms with E-state index in [0.29, 0.717) is 5.56 Å². The van der Waals surface area contributed by atoms with E-state index in [0.717, 1.165) is 0 Å². The Bertz CT molecular complexity index is 256. The normalized spacial score (nSPS) is 9.92. The van der Waals surface area contributed by atoms with E-state index >= 15 is 0 Å². The second kappa shape index (κ2) is 3.80. The molecule has 0 saturated heterocycles. The lowest BCUT2D eigenvalue weighted by Crippen LogP contribution is -2.01. The molecule has 0 N–H and O–H groups in total. The Morgan fingerprint density at radius 3 is 2.25 bits per heavy atom. The molecule has 0 aliphatic carbocycles. The highest BCUT2D eigenvalue weighted by Crippen LogP contribution is 2.13. The molecule has 1 aromatic rings. The van der Waals surface area contributed by atoms with Gasteiger partial charge >= 0.3 is 6.61 Å². The predicted molar refractivity (Wildman–Crippen MR) is 37.9 cm³/mol. The van der Waals surface area contributed by atoms with E-state index in [9.17, 15) is 13.6 Å². The van der Waals surface area contributed by atoms with Crippen molar-refractivity contribution in [2.75, 3.05) is 0 Å². The van der Waals surface area contributed by atoms with Crippen molar-refractivity contribution in [2.24, 2.45) is 0 Å². The van der Waals surface area contributed by atoms with Gasteiger partial charge in [0.15, 0.2) is 0 Å². The molecule has 0 heterocycles. The Kier molecular flexibility index (Phi) is 2.74. The summed E-state index contributed by atoms with van der Waals surface area (Å²) in [7, 11) is 0. The zero-order valence-electron chi connectivity index (χ0n) is 5.96. The summed E-state index contributed by atoms with van der Waals surface area (Å²) in [6.45, 7) is -2.84. The number of halogens is 2. The largest absolute Gasteiger partial charge is 0.435 e. The third-order valence-corrected chi connectivity index (χ3v) is 1.20. The van der Waals surface area contributed by atoms with Gasteiger partial charge in [-0.3, -0.25) is 4.79 Å². The number of ether oxygens (including phenoxy) is 1. The number of carbonyl (C=O) groups excluding carboxylic acids is 1. The molecule has 0 aliphatic rings. The van der Waals surface area contributed by atoms with E-state index in [1.165, 1.54) is 24.3 Å². The first kappa shape index (κ1) is 8.64. The van der Waals surface area contributed by atoms with Crippen LogP contribution in [0.4, 0.5) is 8.78 Å². The minimum absolute atomic E-state index is 0.0315. The molecule has 63 valence electrons. The van der Waals surface area contributed by atoms with Gasteiger partial charge in [0, 0.05) is 5.56 Å². The van der Waals surface area contributed by atoms with Crippen LogP contribution in [0.15, 0.2) is 24.3 Å². The van der Waals surface area contributed by atoms with Gasteiger partial charge in [-0.05, 0) is 24.3 Å². The Morgan fingerprint density at radius 2 is 1.83 bits per heavy atom. The lowest BCUT2D eigenvalue weighted by atomic mass is 10.2. The number of benzene rings is 1. The van der Waals surface area contributed by atoms with Gasteiger partial charge in [0.1, 0.15) is 5.75 Å². The summed E-state index contributed by atoms with van der Waals surface area (Å²) >= 11 is 0. The van der Waals surface area contributed by atoms with Crippen molar-refractivity contribution >= 4 is 6.29 Å². The maximum atomic E-state index is 11.6. The fraction of sp³-hybridized carbons (Fsp3) is 0.125. The van der Waals surface area contributed by atoms with E-state index in [-0.39, 0.29) is 5.75 Å². The molecule has 4 heteroatoms. The van der Waals surface area contributed by atoms with E-state index in [1.54, 1.807) is 6.29 Å². The summed E-state index contributed by atoms with van der Waals surface area (Å²) in [6.07, 6.45) is 1.61. The van der Waals surface area contributed by atoms with Crippen LogP contribution in [0.2, 0.25) is 0 Å². The maximum Gasteiger partial charge on any atom is 0.387 e. The van der Waals surface area contributed by atoms with Gasteiger partial charge in [-0.15, -0.1) is 0 Å². The van der Waals surface area contributed by atoms with Crippen LogP contribution in [0.3, 0.4) is 0 Å². The van der Waals surface area contributed by atoms with Crippen molar-refractivity contribution in [2.45, 2.75) is 6.61 Å². The highest BCUT2D eigenvalue weighted by molar-refractivity contribution is 5.75. The molecule has 2 nitrogen and oxygen atoms in total. The molecule has 1 radical (unpaired) electrons. The standard InChI is InChI=1S/C8H5F2O2/c9-8(10)12-7-3-1-6(5-11)2-4-7/h1-4,8H. The zero-order valence-corrected chi connectivity index (χ0v) is 5.96. The molecule has 0 aromatic heterocycles. The van der Waals surface area contributed by atoms with Crippen molar-refractivity contribution in [1.82, 2.24) is 0 Å². The lowest BCUT2D eigenvalue weighted by molar-refractivity contribution is -0.0498. The summed E-state index contributed by atoms with van der Waals surface area (Å²) in [5.74, 6) is 0.0315. The molecule has 12 heavy (non-hydrogen) atoms. The van der Waals surface area contributed by atoms with Gasteiger partial charge in [-0.2, -0.15) is 8.78 Å². The van der Waals surface area contributed by atoms with Crippen molar-refractivity contribution in [1.29, 1.82) is 0 Å². The Morgan fingerprint density at radius 1 is 1.25 bits per heavy atom. The van der Waals surface area contributed by atoms with Crippen LogP contribution < -0.4 is 4.74 Å². The summed E-state index contributed by atoms with van der Waals surface area (Å²) in [5, 5.41) is 0. The molecule has 0 saturated carbocycles. The lowest BCUT2D eigenvalue weighted by Gasteiger charge is -2.02. The fourth-order valence-electron chi connectivity index (χ4n) is 0.704. The highest BCUT2D eigenvalue weighted by Gasteiger charge is 2.02. The van der Waals surface area contributed by atoms with Gasteiger partial charge in [-0.1, -0.05) is 0 Å². The van der Waals surface area contributed by atoms with Crippen molar-refractivity contribution in [3.05, 3.63) is 29.8 Å². The first-order valence-corrected chi connectivity index (χ1v) is 3.15. The molecule has 0 amide bonds. The Balaban J connectivity index is 2.71. The van der Waals surface area contributed by atoms with Crippen LogP contribution in [-0.4, -0.2) is 12.9 Å².